The number of amides is 1. The van der Waals surface area contributed by atoms with Crippen molar-refractivity contribution < 1.29 is 9.90 Å². The number of carbonyl (C=O) groups excluding carboxylic acids is 1. The quantitative estimate of drug-likeness (QED) is 0.696. The van der Waals surface area contributed by atoms with E-state index in [0.717, 1.165) is 39.0 Å². The fourth-order valence-corrected chi connectivity index (χ4v) is 2.99. The number of aliphatic hydroxyl groups is 1. The normalized spacial score (nSPS) is 28.8. The Balaban J connectivity index is 1.88. The zero-order chi connectivity index (χ0) is 13.0. The number of hydrogen-bond donors (Lipinski definition) is 2. The molecule has 0 aliphatic carbocycles. The zero-order valence-corrected chi connectivity index (χ0v) is 11.3. The zero-order valence-electron chi connectivity index (χ0n) is 11.3. The van der Waals surface area contributed by atoms with E-state index in [9.17, 15) is 4.79 Å². The summed E-state index contributed by atoms with van der Waals surface area (Å²) in [5.41, 5.74) is 0. The highest BCUT2D eigenvalue weighted by atomic mass is 16.3. The van der Waals surface area contributed by atoms with E-state index in [1.54, 1.807) is 0 Å². The van der Waals surface area contributed by atoms with Gasteiger partial charge >= 0.3 is 0 Å². The first kappa shape index (κ1) is 13.8. The average molecular weight is 255 g/mol. The van der Waals surface area contributed by atoms with Crippen LogP contribution >= 0.6 is 0 Å². The van der Waals surface area contributed by atoms with E-state index in [-0.39, 0.29) is 18.4 Å². The molecule has 1 amide bonds. The summed E-state index contributed by atoms with van der Waals surface area (Å²) in [5, 5.41) is 12.5. The lowest BCUT2D eigenvalue weighted by Gasteiger charge is -2.27. The minimum absolute atomic E-state index is 0.0566. The molecule has 2 atom stereocenters. The van der Waals surface area contributed by atoms with Crippen LogP contribution in [-0.4, -0.2) is 73.2 Å². The van der Waals surface area contributed by atoms with E-state index in [4.69, 9.17) is 5.11 Å². The van der Waals surface area contributed by atoms with Crippen molar-refractivity contribution in [3.63, 3.8) is 0 Å². The van der Waals surface area contributed by atoms with Crippen LogP contribution < -0.4 is 5.32 Å². The lowest BCUT2D eigenvalue weighted by molar-refractivity contribution is -0.136. The highest BCUT2D eigenvalue weighted by Crippen LogP contribution is 2.18. The van der Waals surface area contributed by atoms with Crippen LogP contribution in [0.4, 0.5) is 0 Å². The molecule has 2 N–H and O–H groups in total. The number of nitrogens with one attached hydrogen (secondary N) is 1. The number of rotatable bonds is 5. The molecule has 2 aliphatic heterocycles. The Kier molecular flexibility index (Phi) is 4.97. The Hall–Kier alpha value is -0.650. The van der Waals surface area contributed by atoms with E-state index in [2.05, 4.69) is 17.3 Å². The monoisotopic (exact) mass is 255 g/mol. The maximum Gasteiger partial charge on any atom is 0.227 e. The summed E-state index contributed by atoms with van der Waals surface area (Å²) >= 11 is 0. The number of nitrogens with zero attached hydrogens (tertiary/aromatic N) is 2. The van der Waals surface area contributed by atoms with Gasteiger partial charge in [-0.3, -0.25) is 4.79 Å². The second-order valence-corrected chi connectivity index (χ2v) is 5.55. The van der Waals surface area contributed by atoms with Gasteiger partial charge in [0, 0.05) is 25.7 Å². The molecule has 18 heavy (non-hydrogen) atoms. The highest BCUT2D eigenvalue weighted by Gasteiger charge is 2.31. The molecule has 2 saturated heterocycles. The van der Waals surface area contributed by atoms with Gasteiger partial charge < -0.3 is 20.2 Å². The first-order chi connectivity index (χ1) is 8.70. The van der Waals surface area contributed by atoms with Crippen LogP contribution in [0.3, 0.4) is 0 Å². The van der Waals surface area contributed by atoms with Crippen molar-refractivity contribution in [3.8, 4) is 0 Å². The van der Waals surface area contributed by atoms with Gasteiger partial charge in [0.25, 0.3) is 0 Å². The predicted octanol–water partition coefficient (Wildman–Crippen LogP) is -0.489. The SMILES string of the molecule is CN1CCC(C(=O)N(CCO)CC2CCCN2)C1. The van der Waals surface area contributed by atoms with Gasteiger partial charge in [-0.1, -0.05) is 0 Å². The Morgan fingerprint density at radius 2 is 2.33 bits per heavy atom. The van der Waals surface area contributed by atoms with Gasteiger partial charge in [-0.25, -0.2) is 0 Å². The van der Waals surface area contributed by atoms with Gasteiger partial charge in [0.05, 0.1) is 12.5 Å². The Labute approximate surface area is 109 Å². The molecule has 0 aromatic rings. The number of hydrogen-bond acceptors (Lipinski definition) is 4. The van der Waals surface area contributed by atoms with E-state index in [1.807, 2.05) is 4.90 Å². The van der Waals surface area contributed by atoms with Crippen LogP contribution in [0.25, 0.3) is 0 Å². The van der Waals surface area contributed by atoms with Crippen molar-refractivity contribution in [2.45, 2.75) is 25.3 Å². The van der Waals surface area contributed by atoms with Gasteiger partial charge in [-0.05, 0) is 39.4 Å². The second-order valence-electron chi connectivity index (χ2n) is 5.55. The molecule has 0 radical (unpaired) electrons. The molecular formula is C13H25N3O2. The summed E-state index contributed by atoms with van der Waals surface area (Å²) in [4.78, 5) is 16.5. The number of carbonyl (C=O) groups is 1. The molecule has 0 aromatic heterocycles. The van der Waals surface area contributed by atoms with Crippen LogP contribution in [0.15, 0.2) is 0 Å². The van der Waals surface area contributed by atoms with Gasteiger partial charge in [-0.15, -0.1) is 0 Å². The van der Waals surface area contributed by atoms with Gasteiger partial charge in [-0.2, -0.15) is 0 Å². The average Bonchev–Trinajstić information content (AvgIpc) is 2.99. The largest absolute Gasteiger partial charge is 0.395 e. The minimum Gasteiger partial charge on any atom is -0.395 e. The molecular weight excluding hydrogens is 230 g/mol. The molecule has 0 bridgehead atoms. The molecule has 0 spiro atoms. The maximum absolute atomic E-state index is 12.4. The highest BCUT2D eigenvalue weighted by molar-refractivity contribution is 5.79. The third-order valence-corrected chi connectivity index (χ3v) is 4.03. The lowest BCUT2D eigenvalue weighted by atomic mass is 10.1. The van der Waals surface area contributed by atoms with Crippen LogP contribution in [0.1, 0.15) is 19.3 Å². The third kappa shape index (κ3) is 3.43. The lowest BCUT2D eigenvalue weighted by Crippen LogP contribution is -2.45. The number of likely N-dealkylation sites (tertiary alicyclic amines) is 1. The first-order valence-corrected chi connectivity index (χ1v) is 7.02. The molecule has 0 aromatic carbocycles. The van der Waals surface area contributed by atoms with Gasteiger partial charge in [0.2, 0.25) is 5.91 Å². The summed E-state index contributed by atoms with van der Waals surface area (Å²) in [7, 11) is 2.06. The van der Waals surface area contributed by atoms with Crippen LogP contribution in [-0.2, 0) is 4.79 Å². The van der Waals surface area contributed by atoms with Crippen molar-refractivity contribution in [2.75, 3.05) is 46.4 Å². The van der Waals surface area contributed by atoms with E-state index in [1.165, 1.54) is 6.42 Å². The second kappa shape index (κ2) is 6.50. The Bertz CT molecular complexity index is 279. The fraction of sp³-hybridized carbons (Fsp3) is 0.923. The summed E-state index contributed by atoms with van der Waals surface area (Å²) in [6.07, 6.45) is 3.28. The van der Waals surface area contributed by atoms with Crippen LogP contribution in [0, 0.1) is 5.92 Å². The molecule has 5 nitrogen and oxygen atoms in total. The summed E-state index contributed by atoms with van der Waals surface area (Å²) < 4.78 is 0. The smallest absolute Gasteiger partial charge is 0.227 e. The van der Waals surface area contributed by atoms with Crippen molar-refractivity contribution in [1.82, 2.24) is 15.1 Å². The molecule has 2 rings (SSSR count). The first-order valence-electron chi connectivity index (χ1n) is 7.02. The Morgan fingerprint density at radius 1 is 1.50 bits per heavy atom. The van der Waals surface area contributed by atoms with Crippen molar-refractivity contribution in [2.24, 2.45) is 5.92 Å². The van der Waals surface area contributed by atoms with Crippen molar-refractivity contribution >= 4 is 5.91 Å². The van der Waals surface area contributed by atoms with Crippen molar-refractivity contribution in [3.05, 3.63) is 0 Å². The van der Waals surface area contributed by atoms with Crippen molar-refractivity contribution in [1.29, 1.82) is 0 Å². The van der Waals surface area contributed by atoms with E-state index in [0.29, 0.717) is 12.6 Å². The van der Waals surface area contributed by atoms with Crippen LogP contribution in [0.2, 0.25) is 0 Å². The van der Waals surface area contributed by atoms with Gasteiger partial charge in [0.1, 0.15) is 0 Å². The van der Waals surface area contributed by atoms with Gasteiger partial charge in [0.15, 0.2) is 0 Å². The number of aliphatic hydroxyl groups excluding tert-OH is 1. The molecule has 2 fully saturated rings. The van der Waals surface area contributed by atoms with Crippen LogP contribution in [0.5, 0.6) is 0 Å². The molecule has 0 saturated carbocycles. The Morgan fingerprint density at radius 3 is 2.89 bits per heavy atom. The topological polar surface area (TPSA) is 55.8 Å². The predicted molar refractivity (Wildman–Crippen MR) is 70.3 cm³/mol. The summed E-state index contributed by atoms with van der Waals surface area (Å²) in [5.74, 6) is 0.352. The fourth-order valence-electron chi connectivity index (χ4n) is 2.99. The molecule has 2 unspecified atom stereocenters. The molecule has 5 heteroatoms. The third-order valence-electron chi connectivity index (χ3n) is 4.03. The van der Waals surface area contributed by atoms with E-state index < -0.39 is 0 Å². The van der Waals surface area contributed by atoms with E-state index >= 15 is 0 Å². The molecule has 2 heterocycles. The summed E-state index contributed by atoms with van der Waals surface area (Å²) in [6.45, 7) is 4.19. The molecule has 2 aliphatic rings. The molecule has 104 valence electrons. The standard InChI is InChI=1S/C13H25N3O2/c1-15-6-4-11(9-15)13(18)16(7-8-17)10-12-3-2-5-14-12/h11-12,14,17H,2-10H2,1H3. The minimum atomic E-state index is 0.0566. The maximum atomic E-state index is 12.4. The summed E-state index contributed by atoms with van der Waals surface area (Å²) in [6, 6.07) is 0.416.